The molecule has 4 nitrogen and oxygen atoms in total. The fourth-order valence-corrected chi connectivity index (χ4v) is 4.36. The summed E-state index contributed by atoms with van der Waals surface area (Å²) in [7, 11) is 0. The van der Waals surface area contributed by atoms with Gasteiger partial charge in [-0.1, -0.05) is 64.5 Å². The monoisotopic (exact) mass is 471 g/mol. The van der Waals surface area contributed by atoms with E-state index in [-0.39, 0.29) is 5.91 Å². The molecule has 1 fully saturated rings. The van der Waals surface area contributed by atoms with Gasteiger partial charge in [0, 0.05) is 46.8 Å². The van der Waals surface area contributed by atoms with Gasteiger partial charge in [-0.2, -0.15) is 0 Å². The van der Waals surface area contributed by atoms with Gasteiger partial charge in [-0.05, 0) is 41.5 Å². The summed E-state index contributed by atoms with van der Waals surface area (Å²) in [6.07, 6.45) is 1.82. The summed E-state index contributed by atoms with van der Waals surface area (Å²) in [6, 6.07) is 26.5. The van der Waals surface area contributed by atoms with Crippen molar-refractivity contribution in [2.24, 2.45) is 0 Å². The van der Waals surface area contributed by atoms with Gasteiger partial charge in [0.1, 0.15) is 0 Å². The molecule has 5 heteroatoms. The molecule has 0 unspecified atom stereocenters. The SMILES string of the molecule is O=C(c1ccc(-c2cccc3cccnc23)cc1)N1CCN(Cc2ccc(Br)cc2)C1. The molecule has 0 N–H and O–H groups in total. The van der Waals surface area contributed by atoms with Crippen molar-refractivity contribution in [1.82, 2.24) is 14.8 Å². The Hall–Kier alpha value is -3.02. The lowest BCUT2D eigenvalue weighted by Gasteiger charge is -2.18. The fourth-order valence-electron chi connectivity index (χ4n) is 4.10. The molecule has 1 saturated heterocycles. The third-order valence-electron chi connectivity index (χ3n) is 5.74. The second-order valence-electron chi connectivity index (χ2n) is 7.85. The number of aromatic nitrogens is 1. The summed E-state index contributed by atoms with van der Waals surface area (Å²) in [4.78, 5) is 21.8. The Kier molecular flexibility index (Phi) is 5.53. The van der Waals surface area contributed by atoms with E-state index in [1.807, 2.05) is 47.5 Å². The molecule has 154 valence electrons. The highest BCUT2D eigenvalue weighted by atomic mass is 79.9. The van der Waals surface area contributed by atoms with Crippen molar-refractivity contribution in [1.29, 1.82) is 0 Å². The molecule has 0 saturated carbocycles. The van der Waals surface area contributed by atoms with Crippen molar-refractivity contribution >= 4 is 32.7 Å². The van der Waals surface area contributed by atoms with Gasteiger partial charge in [0.05, 0.1) is 12.2 Å². The summed E-state index contributed by atoms with van der Waals surface area (Å²) in [6.45, 7) is 3.15. The summed E-state index contributed by atoms with van der Waals surface area (Å²) < 4.78 is 1.08. The first-order valence-corrected chi connectivity index (χ1v) is 11.2. The molecule has 2 heterocycles. The molecule has 0 bridgehead atoms. The number of carbonyl (C=O) groups is 1. The first-order valence-electron chi connectivity index (χ1n) is 10.4. The average Bonchev–Trinajstić information content (AvgIpc) is 3.28. The first-order chi connectivity index (χ1) is 15.2. The van der Waals surface area contributed by atoms with E-state index in [1.165, 1.54) is 5.56 Å². The molecule has 1 aromatic heterocycles. The number of hydrogen-bond acceptors (Lipinski definition) is 3. The van der Waals surface area contributed by atoms with Crippen molar-refractivity contribution in [2.45, 2.75) is 6.54 Å². The first kappa shape index (κ1) is 19.9. The highest BCUT2D eigenvalue weighted by Crippen LogP contribution is 2.27. The summed E-state index contributed by atoms with van der Waals surface area (Å²) >= 11 is 3.47. The lowest BCUT2D eigenvalue weighted by Crippen LogP contribution is -2.31. The molecular formula is C26H22BrN3O. The van der Waals surface area contributed by atoms with Crippen molar-refractivity contribution in [3.8, 4) is 11.1 Å². The zero-order valence-corrected chi connectivity index (χ0v) is 18.6. The Morgan fingerprint density at radius 3 is 2.48 bits per heavy atom. The normalized spacial score (nSPS) is 14.3. The van der Waals surface area contributed by atoms with Crippen LogP contribution in [0.2, 0.25) is 0 Å². The second-order valence-corrected chi connectivity index (χ2v) is 8.76. The van der Waals surface area contributed by atoms with Crippen molar-refractivity contribution < 1.29 is 4.79 Å². The van der Waals surface area contributed by atoms with Gasteiger partial charge in [0.25, 0.3) is 5.91 Å². The van der Waals surface area contributed by atoms with E-state index in [2.05, 4.69) is 68.3 Å². The van der Waals surface area contributed by atoms with Crippen molar-refractivity contribution in [3.63, 3.8) is 0 Å². The Labute approximate surface area is 190 Å². The standard InChI is InChI=1S/C26H22BrN3O/c27-23-12-6-19(7-13-23)17-29-15-16-30(18-29)26(31)22-10-8-20(9-11-22)24-5-1-3-21-4-2-14-28-25(21)24/h1-14H,15-18H2. The Morgan fingerprint density at radius 1 is 0.903 bits per heavy atom. The van der Waals surface area contributed by atoms with E-state index in [4.69, 9.17) is 0 Å². The van der Waals surface area contributed by atoms with E-state index < -0.39 is 0 Å². The van der Waals surface area contributed by atoms with Crippen LogP contribution in [0.1, 0.15) is 15.9 Å². The largest absolute Gasteiger partial charge is 0.324 e. The minimum atomic E-state index is 0.0842. The highest BCUT2D eigenvalue weighted by Gasteiger charge is 2.25. The van der Waals surface area contributed by atoms with Gasteiger partial charge >= 0.3 is 0 Å². The summed E-state index contributed by atoms with van der Waals surface area (Å²) in [5.74, 6) is 0.0842. The molecule has 4 aromatic rings. The minimum absolute atomic E-state index is 0.0842. The van der Waals surface area contributed by atoms with E-state index in [0.717, 1.165) is 51.7 Å². The highest BCUT2D eigenvalue weighted by molar-refractivity contribution is 9.10. The van der Waals surface area contributed by atoms with E-state index in [1.54, 1.807) is 0 Å². The maximum Gasteiger partial charge on any atom is 0.254 e. The van der Waals surface area contributed by atoms with Gasteiger partial charge in [0.2, 0.25) is 0 Å². The Balaban J connectivity index is 1.29. The summed E-state index contributed by atoms with van der Waals surface area (Å²) in [5.41, 5.74) is 5.11. The lowest BCUT2D eigenvalue weighted by molar-refractivity contribution is 0.0763. The van der Waals surface area contributed by atoms with Crippen LogP contribution in [0.3, 0.4) is 0 Å². The maximum atomic E-state index is 13.0. The molecular weight excluding hydrogens is 450 g/mol. The number of para-hydroxylation sites is 1. The summed E-state index contributed by atoms with van der Waals surface area (Å²) in [5, 5.41) is 1.11. The number of fused-ring (bicyclic) bond motifs is 1. The number of carbonyl (C=O) groups excluding carboxylic acids is 1. The number of pyridine rings is 1. The van der Waals surface area contributed by atoms with E-state index in [9.17, 15) is 4.79 Å². The predicted molar refractivity (Wildman–Crippen MR) is 128 cm³/mol. The quantitative estimate of drug-likeness (QED) is 0.389. The Morgan fingerprint density at radius 2 is 1.68 bits per heavy atom. The smallest absolute Gasteiger partial charge is 0.254 e. The van der Waals surface area contributed by atoms with E-state index >= 15 is 0 Å². The van der Waals surface area contributed by atoms with Crippen LogP contribution in [0.25, 0.3) is 22.0 Å². The lowest BCUT2D eigenvalue weighted by atomic mass is 10.0. The van der Waals surface area contributed by atoms with E-state index in [0.29, 0.717) is 6.67 Å². The minimum Gasteiger partial charge on any atom is -0.324 e. The molecule has 3 aromatic carbocycles. The number of rotatable bonds is 4. The van der Waals surface area contributed by atoms with Gasteiger partial charge in [-0.3, -0.25) is 14.7 Å². The van der Waals surface area contributed by atoms with Crippen LogP contribution in [-0.2, 0) is 6.54 Å². The van der Waals surface area contributed by atoms with Crippen LogP contribution in [-0.4, -0.2) is 40.4 Å². The maximum absolute atomic E-state index is 13.0. The molecule has 0 radical (unpaired) electrons. The number of halogens is 1. The zero-order valence-electron chi connectivity index (χ0n) is 17.0. The van der Waals surface area contributed by atoms with Gasteiger partial charge in [0.15, 0.2) is 0 Å². The van der Waals surface area contributed by atoms with Gasteiger partial charge < -0.3 is 4.90 Å². The number of nitrogens with zero attached hydrogens (tertiary/aromatic N) is 3. The topological polar surface area (TPSA) is 36.4 Å². The molecule has 5 rings (SSSR count). The molecule has 0 atom stereocenters. The van der Waals surface area contributed by atoms with Crippen LogP contribution in [0.4, 0.5) is 0 Å². The zero-order chi connectivity index (χ0) is 21.2. The molecule has 1 aliphatic heterocycles. The number of amides is 1. The third kappa shape index (κ3) is 4.24. The molecule has 0 spiro atoms. The fraction of sp³-hybridized carbons (Fsp3) is 0.154. The van der Waals surface area contributed by atoms with Gasteiger partial charge in [-0.15, -0.1) is 0 Å². The average molecular weight is 472 g/mol. The molecule has 31 heavy (non-hydrogen) atoms. The third-order valence-corrected chi connectivity index (χ3v) is 6.27. The second kappa shape index (κ2) is 8.61. The van der Waals surface area contributed by atoms with Crippen LogP contribution in [0.15, 0.2) is 89.5 Å². The molecule has 0 aliphatic carbocycles. The number of benzene rings is 3. The van der Waals surface area contributed by atoms with Crippen molar-refractivity contribution in [2.75, 3.05) is 19.8 Å². The van der Waals surface area contributed by atoms with Crippen LogP contribution in [0, 0.1) is 0 Å². The van der Waals surface area contributed by atoms with Crippen LogP contribution >= 0.6 is 15.9 Å². The van der Waals surface area contributed by atoms with Gasteiger partial charge in [-0.25, -0.2) is 0 Å². The molecule has 1 amide bonds. The van der Waals surface area contributed by atoms with Crippen LogP contribution in [0.5, 0.6) is 0 Å². The van der Waals surface area contributed by atoms with Crippen LogP contribution < -0.4 is 0 Å². The number of hydrogen-bond donors (Lipinski definition) is 0. The predicted octanol–water partition coefficient (Wildman–Crippen LogP) is 5.58. The molecule has 1 aliphatic rings. The van der Waals surface area contributed by atoms with Crippen molar-refractivity contribution in [3.05, 3.63) is 101 Å². The Bertz CT molecular complexity index is 1220.